The zero-order chi connectivity index (χ0) is 13.6. The SMILES string of the molecule is Cc1ccc(S(=O)(=O)NCC/C=C(\Br)CO)cc1. The van der Waals surface area contributed by atoms with Crippen LogP contribution in [0.5, 0.6) is 0 Å². The number of rotatable bonds is 6. The summed E-state index contributed by atoms with van der Waals surface area (Å²) in [5.74, 6) is 0. The summed E-state index contributed by atoms with van der Waals surface area (Å²) >= 11 is 3.14. The average molecular weight is 334 g/mol. The predicted molar refractivity (Wildman–Crippen MR) is 75.1 cm³/mol. The van der Waals surface area contributed by atoms with Gasteiger partial charge in [0.05, 0.1) is 11.5 Å². The minimum atomic E-state index is -3.44. The molecule has 1 aromatic rings. The molecule has 0 aliphatic rings. The van der Waals surface area contributed by atoms with Gasteiger partial charge in [-0.2, -0.15) is 0 Å². The van der Waals surface area contributed by atoms with Gasteiger partial charge in [0.15, 0.2) is 0 Å². The molecule has 1 rings (SSSR count). The molecule has 0 fully saturated rings. The highest BCUT2D eigenvalue weighted by atomic mass is 79.9. The third-order valence-corrected chi connectivity index (χ3v) is 4.34. The molecule has 100 valence electrons. The van der Waals surface area contributed by atoms with Crippen molar-refractivity contribution in [2.24, 2.45) is 0 Å². The summed E-state index contributed by atoms with van der Waals surface area (Å²) in [6, 6.07) is 6.68. The van der Waals surface area contributed by atoms with Crippen LogP contribution in [0.2, 0.25) is 0 Å². The lowest BCUT2D eigenvalue weighted by Crippen LogP contribution is -2.24. The fourth-order valence-corrected chi connectivity index (χ4v) is 2.56. The number of hydrogen-bond donors (Lipinski definition) is 2. The Kier molecular flexibility index (Phi) is 6.01. The molecule has 0 aliphatic carbocycles. The molecule has 0 aliphatic heterocycles. The van der Waals surface area contributed by atoms with Crippen molar-refractivity contribution in [3.63, 3.8) is 0 Å². The molecule has 4 nitrogen and oxygen atoms in total. The van der Waals surface area contributed by atoms with Gasteiger partial charge in [0.1, 0.15) is 0 Å². The van der Waals surface area contributed by atoms with Gasteiger partial charge in [0.2, 0.25) is 10.0 Å². The second-order valence-corrected chi connectivity index (χ2v) is 6.59. The first-order chi connectivity index (χ1) is 8.45. The summed E-state index contributed by atoms with van der Waals surface area (Å²) in [6.45, 7) is 2.12. The molecule has 0 saturated heterocycles. The summed E-state index contributed by atoms with van der Waals surface area (Å²) in [5, 5.41) is 8.74. The van der Waals surface area contributed by atoms with Gasteiger partial charge in [0.25, 0.3) is 0 Å². The Balaban J connectivity index is 2.58. The Labute approximate surface area is 116 Å². The van der Waals surface area contributed by atoms with Gasteiger partial charge in [-0.1, -0.05) is 39.7 Å². The van der Waals surface area contributed by atoms with E-state index < -0.39 is 10.0 Å². The van der Waals surface area contributed by atoms with E-state index in [-0.39, 0.29) is 11.5 Å². The molecule has 0 heterocycles. The average Bonchev–Trinajstić information content (AvgIpc) is 2.35. The maximum absolute atomic E-state index is 11.9. The van der Waals surface area contributed by atoms with Gasteiger partial charge in [0, 0.05) is 11.0 Å². The lowest BCUT2D eigenvalue weighted by molar-refractivity contribution is 0.340. The molecule has 0 saturated carbocycles. The van der Waals surface area contributed by atoms with Crippen molar-refractivity contribution in [1.29, 1.82) is 0 Å². The quantitative estimate of drug-likeness (QED) is 0.782. The number of benzene rings is 1. The Morgan fingerprint density at radius 2 is 2.00 bits per heavy atom. The Morgan fingerprint density at radius 3 is 2.56 bits per heavy atom. The Hall–Kier alpha value is -0.690. The largest absolute Gasteiger partial charge is 0.391 e. The van der Waals surface area contributed by atoms with Gasteiger partial charge in [-0.05, 0) is 25.5 Å². The molecule has 2 N–H and O–H groups in total. The van der Waals surface area contributed by atoms with Crippen LogP contribution < -0.4 is 4.72 Å². The molecule has 6 heteroatoms. The van der Waals surface area contributed by atoms with Gasteiger partial charge >= 0.3 is 0 Å². The number of aliphatic hydroxyl groups is 1. The lowest BCUT2D eigenvalue weighted by Gasteiger charge is -2.05. The summed E-state index contributed by atoms with van der Waals surface area (Å²) < 4.78 is 26.9. The van der Waals surface area contributed by atoms with E-state index in [9.17, 15) is 8.42 Å². The van der Waals surface area contributed by atoms with Crippen LogP contribution in [0.1, 0.15) is 12.0 Å². The number of nitrogens with one attached hydrogen (secondary N) is 1. The number of aliphatic hydroxyl groups excluding tert-OH is 1. The normalized spacial score (nSPS) is 12.7. The molecule has 1 aromatic carbocycles. The van der Waals surface area contributed by atoms with Crippen molar-refractivity contribution in [3.8, 4) is 0 Å². The molecule has 0 bridgehead atoms. The van der Waals surface area contributed by atoms with Crippen LogP contribution >= 0.6 is 15.9 Å². The van der Waals surface area contributed by atoms with Crippen LogP contribution in [-0.2, 0) is 10.0 Å². The van der Waals surface area contributed by atoms with Crippen LogP contribution in [0.25, 0.3) is 0 Å². The minimum Gasteiger partial charge on any atom is -0.391 e. The molecular formula is C12H16BrNO3S. The number of aryl methyl sites for hydroxylation is 1. The molecule has 0 spiro atoms. The second-order valence-electron chi connectivity index (χ2n) is 3.81. The standard InChI is InChI=1S/C12H16BrNO3S/c1-10-4-6-12(7-5-10)18(16,17)14-8-2-3-11(13)9-15/h3-7,14-15H,2,8-9H2,1H3/b11-3-. The van der Waals surface area contributed by atoms with E-state index in [2.05, 4.69) is 20.7 Å². The van der Waals surface area contributed by atoms with Gasteiger partial charge < -0.3 is 5.11 Å². The molecule has 0 aromatic heterocycles. The van der Waals surface area contributed by atoms with Crippen molar-refractivity contribution in [2.75, 3.05) is 13.2 Å². The highest BCUT2D eigenvalue weighted by molar-refractivity contribution is 9.11. The maximum atomic E-state index is 11.9. The highest BCUT2D eigenvalue weighted by Gasteiger charge is 2.11. The van der Waals surface area contributed by atoms with E-state index in [0.29, 0.717) is 17.4 Å². The van der Waals surface area contributed by atoms with Crippen LogP contribution in [0.15, 0.2) is 39.7 Å². The monoisotopic (exact) mass is 333 g/mol. The van der Waals surface area contributed by atoms with Crippen molar-refractivity contribution >= 4 is 26.0 Å². The lowest BCUT2D eigenvalue weighted by atomic mass is 10.2. The van der Waals surface area contributed by atoms with Crippen molar-refractivity contribution in [1.82, 2.24) is 4.72 Å². The fraction of sp³-hybridized carbons (Fsp3) is 0.333. The minimum absolute atomic E-state index is 0.0787. The third kappa shape index (κ3) is 4.89. The Bertz CT molecular complexity index is 509. The fourth-order valence-electron chi connectivity index (χ4n) is 1.29. The van der Waals surface area contributed by atoms with E-state index in [1.165, 1.54) is 0 Å². The van der Waals surface area contributed by atoms with Crippen LogP contribution in [0, 0.1) is 6.92 Å². The van der Waals surface area contributed by atoms with Gasteiger partial charge in [-0.15, -0.1) is 0 Å². The Morgan fingerprint density at radius 1 is 1.39 bits per heavy atom. The molecule has 0 amide bonds. The molecule has 0 radical (unpaired) electrons. The molecule has 18 heavy (non-hydrogen) atoms. The number of sulfonamides is 1. The van der Waals surface area contributed by atoms with Gasteiger partial charge in [-0.25, -0.2) is 13.1 Å². The van der Waals surface area contributed by atoms with Crippen molar-refractivity contribution < 1.29 is 13.5 Å². The maximum Gasteiger partial charge on any atom is 0.240 e. The first kappa shape index (κ1) is 15.4. The summed E-state index contributed by atoms with van der Waals surface area (Å²) in [5.41, 5.74) is 1.02. The van der Waals surface area contributed by atoms with Crippen LogP contribution in [0.4, 0.5) is 0 Å². The summed E-state index contributed by atoms with van der Waals surface area (Å²) in [7, 11) is -3.44. The second kappa shape index (κ2) is 7.04. The predicted octanol–water partition coefficient (Wildman–Crippen LogP) is 1.93. The van der Waals surface area contributed by atoms with E-state index in [4.69, 9.17) is 5.11 Å². The van der Waals surface area contributed by atoms with Crippen molar-refractivity contribution in [3.05, 3.63) is 40.4 Å². The van der Waals surface area contributed by atoms with Crippen molar-refractivity contribution in [2.45, 2.75) is 18.2 Å². The van der Waals surface area contributed by atoms with E-state index >= 15 is 0 Å². The van der Waals surface area contributed by atoms with Crippen LogP contribution in [-0.4, -0.2) is 26.7 Å². The molecule has 0 unspecified atom stereocenters. The number of halogens is 1. The van der Waals surface area contributed by atoms with E-state index in [0.717, 1.165) is 5.56 Å². The van der Waals surface area contributed by atoms with E-state index in [1.807, 2.05) is 6.92 Å². The first-order valence-electron chi connectivity index (χ1n) is 5.47. The first-order valence-corrected chi connectivity index (χ1v) is 7.75. The van der Waals surface area contributed by atoms with Gasteiger partial charge in [-0.3, -0.25) is 0 Å². The van der Waals surface area contributed by atoms with E-state index in [1.54, 1.807) is 30.3 Å². The molecule has 0 atom stereocenters. The summed E-state index contributed by atoms with van der Waals surface area (Å²) in [6.07, 6.45) is 2.25. The zero-order valence-electron chi connectivity index (χ0n) is 10.1. The molecular weight excluding hydrogens is 318 g/mol. The smallest absolute Gasteiger partial charge is 0.240 e. The van der Waals surface area contributed by atoms with Crippen LogP contribution in [0.3, 0.4) is 0 Å². The third-order valence-electron chi connectivity index (χ3n) is 2.28. The number of hydrogen-bond acceptors (Lipinski definition) is 3. The highest BCUT2D eigenvalue weighted by Crippen LogP contribution is 2.10. The summed E-state index contributed by atoms with van der Waals surface area (Å²) in [4.78, 5) is 0.262. The topological polar surface area (TPSA) is 66.4 Å². The zero-order valence-corrected chi connectivity index (χ0v) is 12.5.